The van der Waals surface area contributed by atoms with E-state index in [1.54, 1.807) is 6.20 Å². The van der Waals surface area contributed by atoms with Crippen LogP contribution in [0.15, 0.2) is 24.4 Å². The van der Waals surface area contributed by atoms with Crippen LogP contribution in [0, 0.1) is 0 Å². The molecule has 0 unspecified atom stereocenters. The van der Waals surface area contributed by atoms with Crippen molar-refractivity contribution in [2.75, 3.05) is 36.0 Å². The zero-order valence-electron chi connectivity index (χ0n) is 15.0. The quantitative estimate of drug-likeness (QED) is 0.849. The Labute approximate surface area is 148 Å². The van der Waals surface area contributed by atoms with Gasteiger partial charge in [-0.1, -0.05) is 13.8 Å². The first-order chi connectivity index (χ1) is 12.1. The first-order valence-electron chi connectivity index (χ1n) is 9.14. The minimum Gasteiger partial charge on any atom is -0.353 e. The molecule has 2 aliphatic rings. The predicted octanol–water partition coefficient (Wildman–Crippen LogP) is 2.78. The van der Waals surface area contributed by atoms with E-state index in [0.717, 1.165) is 37.8 Å². The van der Waals surface area contributed by atoms with Crippen LogP contribution < -0.4 is 9.80 Å². The highest BCUT2D eigenvalue weighted by Gasteiger charge is 2.41. The normalized spacial score (nSPS) is 19.1. The molecule has 1 saturated carbocycles. The summed E-state index contributed by atoms with van der Waals surface area (Å²) in [5.74, 6) is 2.14. The van der Waals surface area contributed by atoms with Crippen LogP contribution in [-0.4, -0.2) is 47.1 Å². The molecule has 0 radical (unpaired) electrons. The van der Waals surface area contributed by atoms with E-state index in [2.05, 4.69) is 38.0 Å². The number of anilines is 2. The lowest BCUT2D eigenvalue weighted by Gasteiger charge is -2.35. The Bertz CT molecular complexity index is 754. The number of carbonyl (C=O) groups is 1. The van der Waals surface area contributed by atoms with E-state index in [1.165, 1.54) is 18.5 Å². The van der Waals surface area contributed by atoms with Gasteiger partial charge in [0.1, 0.15) is 5.82 Å². The number of piperazine rings is 1. The van der Waals surface area contributed by atoms with Gasteiger partial charge in [0, 0.05) is 61.5 Å². The van der Waals surface area contributed by atoms with E-state index < -0.39 is 0 Å². The molecule has 6 nitrogen and oxygen atoms in total. The van der Waals surface area contributed by atoms with Gasteiger partial charge in [0.25, 0.3) is 0 Å². The van der Waals surface area contributed by atoms with E-state index in [4.69, 9.17) is 0 Å². The third-order valence-electron chi connectivity index (χ3n) is 5.53. The number of Topliss-reactive ketones (excluding diaryl/α,β-unsaturated/α-hetero) is 1. The molecule has 0 bridgehead atoms. The standard InChI is InChI=1S/C19H25N5O/c1-3-15(25)14-4-5-17(20-13-14)23-8-10-24(11-9-23)18-12-16(21-22-18)19(2)6-7-19/h4-5,12-13H,3,6-11H2,1-2H3,(H,21,22). The van der Waals surface area contributed by atoms with Crippen LogP contribution >= 0.6 is 0 Å². The SMILES string of the molecule is CCC(=O)c1ccc(N2CCN(c3cc(C4(C)CC4)[nH]n3)CC2)nc1. The summed E-state index contributed by atoms with van der Waals surface area (Å²) < 4.78 is 0. The van der Waals surface area contributed by atoms with Crippen molar-refractivity contribution in [3.63, 3.8) is 0 Å². The molecule has 0 atom stereocenters. The van der Waals surface area contributed by atoms with Gasteiger partial charge in [0.15, 0.2) is 11.6 Å². The van der Waals surface area contributed by atoms with Crippen LogP contribution in [0.2, 0.25) is 0 Å². The minimum absolute atomic E-state index is 0.141. The van der Waals surface area contributed by atoms with Crippen molar-refractivity contribution >= 4 is 17.4 Å². The van der Waals surface area contributed by atoms with Crippen molar-refractivity contribution in [2.45, 2.75) is 38.5 Å². The monoisotopic (exact) mass is 339 g/mol. The number of rotatable bonds is 5. The summed E-state index contributed by atoms with van der Waals surface area (Å²) in [6, 6.07) is 6.06. The number of carbonyl (C=O) groups excluding carboxylic acids is 1. The molecule has 25 heavy (non-hydrogen) atoms. The second-order valence-electron chi connectivity index (χ2n) is 7.36. The first-order valence-corrected chi connectivity index (χ1v) is 9.14. The van der Waals surface area contributed by atoms with Gasteiger partial charge in [-0.15, -0.1) is 0 Å². The molecule has 0 aromatic carbocycles. The average Bonchev–Trinajstić information content (AvgIpc) is 3.21. The smallest absolute Gasteiger partial charge is 0.164 e. The van der Waals surface area contributed by atoms with Crippen molar-refractivity contribution in [1.82, 2.24) is 15.2 Å². The fourth-order valence-corrected chi connectivity index (χ4v) is 3.35. The van der Waals surface area contributed by atoms with Crippen LogP contribution in [-0.2, 0) is 5.41 Å². The van der Waals surface area contributed by atoms with Crippen LogP contribution in [0.3, 0.4) is 0 Å². The van der Waals surface area contributed by atoms with Gasteiger partial charge in [-0.2, -0.15) is 5.10 Å². The summed E-state index contributed by atoms with van der Waals surface area (Å²) >= 11 is 0. The van der Waals surface area contributed by atoms with Crippen molar-refractivity contribution < 1.29 is 4.79 Å². The Morgan fingerprint density at radius 3 is 2.40 bits per heavy atom. The maximum absolute atomic E-state index is 11.7. The summed E-state index contributed by atoms with van der Waals surface area (Å²) in [4.78, 5) is 20.8. The van der Waals surface area contributed by atoms with E-state index in [-0.39, 0.29) is 5.78 Å². The maximum atomic E-state index is 11.7. The highest BCUT2D eigenvalue weighted by Crippen LogP contribution is 2.47. The first kappa shape index (κ1) is 16.1. The highest BCUT2D eigenvalue weighted by atomic mass is 16.1. The summed E-state index contributed by atoms with van der Waals surface area (Å²) in [7, 11) is 0. The second kappa shape index (κ2) is 6.17. The fourth-order valence-electron chi connectivity index (χ4n) is 3.35. The van der Waals surface area contributed by atoms with Gasteiger partial charge in [-0.3, -0.25) is 9.89 Å². The Balaban J connectivity index is 1.38. The van der Waals surface area contributed by atoms with Crippen molar-refractivity contribution in [3.05, 3.63) is 35.7 Å². The molecule has 4 rings (SSSR count). The topological polar surface area (TPSA) is 65.1 Å². The number of hydrogen-bond donors (Lipinski definition) is 1. The number of ketones is 1. The number of aromatic nitrogens is 3. The molecule has 3 heterocycles. The maximum Gasteiger partial charge on any atom is 0.164 e. The average molecular weight is 339 g/mol. The van der Waals surface area contributed by atoms with Crippen molar-refractivity contribution in [1.29, 1.82) is 0 Å². The number of nitrogens with one attached hydrogen (secondary N) is 1. The van der Waals surface area contributed by atoms with Gasteiger partial charge < -0.3 is 9.80 Å². The Kier molecular flexibility index (Phi) is 3.98. The zero-order valence-corrected chi connectivity index (χ0v) is 15.0. The lowest BCUT2D eigenvalue weighted by atomic mass is 10.1. The Morgan fingerprint density at radius 1 is 1.16 bits per heavy atom. The summed E-state index contributed by atoms with van der Waals surface area (Å²) in [6.45, 7) is 7.85. The molecular weight excluding hydrogens is 314 g/mol. The Hall–Kier alpha value is -2.37. The fraction of sp³-hybridized carbons (Fsp3) is 0.526. The van der Waals surface area contributed by atoms with E-state index in [0.29, 0.717) is 17.4 Å². The van der Waals surface area contributed by atoms with Crippen LogP contribution in [0.5, 0.6) is 0 Å². The molecule has 1 saturated heterocycles. The molecule has 1 N–H and O–H groups in total. The molecule has 2 aromatic heterocycles. The molecule has 132 valence electrons. The number of nitrogens with zero attached hydrogens (tertiary/aromatic N) is 4. The number of pyridine rings is 1. The predicted molar refractivity (Wildman–Crippen MR) is 98.5 cm³/mol. The molecule has 1 aliphatic heterocycles. The highest BCUT2D eigenvalue weighted by molar-refractivity contribution is 5.95. The third kappa shape index (κ3) is 3.13. The van der Waals surface area contributed by atoms with Gasteiger partial charge >= 0.3 is 0 Å². The summed E-state index contributed by atoms with van der Waals surface area (Å²) in [6.07, 6.45) is 4.73. The molecule has 2 aromatic rings. The summed E-state index contributed by atoms with van der Waals surface area (Å²) in [5.41, 5.74) is 2.29. The number of hydrogen-bond acceptors (Lipinski definition) is 5. The third-order valence-corrected chi connectivity index (χ3v) is 5.53. The molecule has 0 amide bonds. The molecule has 1 aliphatic carbocycles. The van der Waals surface area contributed by atoms with Crippen LogP contribution in [0.4, 0.5) is 11.6 Å². The van der Waals surface area contributed by atoms with Crippen molar-refractivity contribution in [2.24, 2.45) is 0 Å². The molecular formula is C19H25N5O. The largest absolute Gasteiger partial charge is 0.353 e. The number of H-pyrrole nitrogens is 1. The van der Waals surface area contributed by atoms with Gasteiger partial charge in [0.05, 0.1) is 0 Å². The minimum atomic E-state index is 0.141. The van der Waals surface area contributed by atoms with Crippen LogP contribution in [0.1, 0.15) is 49.2 Å². The zero-order chi connectivity index (χ0) is 17.4. The van der Waals surface area contributed by atoms with E-state index in [1.807, 2.05) is 19.1 Å². The van der Waals surface area contributed by atoms with Crippen LogP contribution in [0.25, 0.3) is 0 Å². The lowest BCUT2D eigenvalue weighted by molar-refractivity contribution is 0.0988. The van der Waals surface area contributed by atoms with E-state index >= 15 is 0 Å². The molecule has 0 spiro atoms. The van der Waals surface area contributed by atoms with Gasteiger partial charge in [-0.25, -0.2) is 4.98 Å². The number of aromatic amines is 1. The molecule has 6 heteroatoms. The Morgan fingerprint density at radius 2 is 1.84 bits per heavy atom. The van der Waals surface area contributed by atoms with Gasteiger partial charge in [-0.05, 0) is 25.0 Å². The van der Waals surface area contributed by atoms with E-state index in [9.17, 15) is 4.79 Å². The molecule has 2 fully saturated rings. The summed E-state index contributed by atoms with van der Waals surface area (Å²) in [5, 5.41) is 7.73. The van der Waals surface area contributed by atoms with Gasteiger partial charge in [0.2, 0.25) is 0 Å². The second-order valence-corrected chi connectivity index (χ2v) is 7.36. The lowest BCUT2D eigenvalue weighted by Crippen LogP contribution is -2.47. The van der Waals surface area contributed by atoms with Crippen molar-refractivity contribution in [3.8, 4) is 0 Å².